The van der Waals surface area contributed by atoms with E-state index in [1.165, 1.54) is 18.9 Å². The molecule has 0 heterocycles. The zero-order chi connectivity index (χ0) is 14.9. The second kappa shape index (κ2) is 5.61. The van der Waals surface area contributed by atoms with Crippen LogP contribution >= 0.6 is 0 Å². The Bertz CT molecular complexity index is 586. The van der Waals surface area contributed by atoms with Crippen molar-refractivity contribution in [2.45, 2.75) is 43.5 Å². The highest BCUT2D eigenvalue weighted by Gasteiger charge is 2.23. The highest BCUT2D eigenvalue weighted by Crippen LogP contribution is 2.31. The molecule has 6 heteroatoms. The third kappa shape index (κ3) is 3.43. The van der Waals surface area contributed by atoms with E-state index < -0.39 is 10.0 Å². The largest absolute Gasteiger partial charge is 0.399 e. The molecule has 2 atom stereocenters. The number of benzene rings is 1. The van der Waals surface area contributed by atoms with Crippen LogP contribution in [0, 0.1) is 5.92 Å². The molecule has 1 aliphatic carbocycles. The molecule has 1 aromatic carbocycles. The van der Waals surface area contributed by atoms with Gasteiger partial charge in [-0.1, -0.05) is 19.8 Å². The van der Waals surface area contributed by atoms with Crippen molar-refractivity contribution < 1.29 is 8.42 Å². The summed E-state index contributed by atoms with van der Waals surface area (Å²) >= 11 is 0. The molecule has 0 saturated heterocycles. The van der Waals surface area contributed by atoms with Gasteiger partial charge in [0, 0.05) is 24.5 Å². The first-order chi connectivity index (χ1) is 9.27. The van der Waals surface area contributed by atoms with Crippen molar-refractivity contribution in [1.29, 1.82) is 0 Å². The summed E-state index contributed by atoms with van der Waals surface area (Å²) in [5.74, 6) is 0.704. The fourth-order valence-corrected chi connectivity index (χ4v) is 3.52. The zero-order valence-electron chi connectivity index (χ0n) is 12.0. The van der Waals surface area contributed by atoms with E-state index in [-0.39, 0.29) is 4.90 Å². The van der Waals surface area contributed by atoms with E-state index in [4.69, 9.17) is 10.9 Å². The van der Waals surface area contributed by atoms with Crippen molar-refractivity contribution in [2.24, 2.45) is 11.1 Å². The molecule has 0 bridgehead atoms. The van der Waals surface area contributed by atoms with E-state index in [0.717, 1.165) is 18.5 Å². The Morgan fingerprint density at radius 1 is 1.25 bits per heavy atom. The monoisotopic (exact) mass is 297 g/mol. The molecule has 4 N–H and O–H groups in total. The number of anilines is 2. The minimum absolute atomic E-state index is 0.0724. The van der Waals surface area contributed by atoms with E-state index in [2.05, 4.69) is 11.8 Å². The summed E-state index contributed by atoms with van der Waals surface area (Å²) in [6, 6.07) is 5.23. The van der Waals surface area contributed by atoms with Crippen LogP contribution in [-0.4, -0.2) is 21.5 Å². The van der Waals surface area contributed by atoms with Gasteiger partial charge >= 0.3 is 0 Å². The quantitative estimate of drug-likeness (QED) is 0.834. The molecule has 1 saturated carbocycles. The number of nitrogens with zero attached hydrogens (tertiary/aromatic N) is 1. The second-order valence-corrected chi connectivity index (χ2v) is 7.40. The normalized spacial score (nSPS) is 23.6. The van der Waals surface area contributed by atoms with Crippen molar-refractivity contribution in [1.82, 2.24) is 0 Å². The van der Waals surface area contributed by atoms with Crippen LogP contribution in [0.2, 0.25) is 0 Å². The molecule has 0 aromatic heterocycles. The van der Waals surface area contributed by atoms with Gasteiger partial charge in [0.15, 0.2) is 0 Å². The van der Waals surface area contributed by atoms with Crippen LogP contribution in [0.1, 0.15) is 32.6 Å². The van der Waals surface area contributed by atoms with Crippen LogP contribution in [0.5, 0.6) is 0 Å². The molecule has 1 aromatic rings. The Balaban J connectivity index is 2.30. The van der Waals surface area contributed by atoms with Gasteiger partial charge < -0.3 is 10.6 Å². The maximum Gasteiger partial charge on any atom is 0.238 e. The number of hydrogen-bond acceptors (Lipinski definition) is 4. The lowest BCUT2D eigenvalue weighted by molar-refractivity contribution is 0.336. The van der Waals surface area contributed by atoms with E-state index in [1.807, 2.05) is 7.05 Å². The summed E-state index contributed by atoms with van der Waals surface area (Å²) < 4.78 is 23.0. The number of nitrogens with two attached hydrogens (primary N) is 2. The predicted octanol–water partition coefficient (Wildman–Crippen LogP) is 1.93. The summed E-state index contributed by atoms with van der Waals surface area (Å²) in [6.45, 7) is 2.26. The predicted molar refractivity (Wildman–Crippen MR) is 82.1 cm³/mol. The van der Waals surface area contributed by atoms with Crippen LogP contribution in [0.25, 0.3) is 0 Å². The highest BCUT2D eigenvalue weighted by molar-refractivity contribution is 7.89. The molecule has 5 nitrogen and oxygen atoms in total. The molecule has 1 fully saturated rings. The third-order valence-electron chi connectivity index (χ3n) is 4.11. The topological polar surface area (TPSA) is 89.4 Å². The number of hydrogen-bond donors (Lipinski definition) is 2. The minimum atomic E-state index is -3.73. The van der Waals surface area contributed by atoms with Crippen LogP contribution in [-0.2, 0) is 10.0 Å². The van der Waals surface area contributed by atoms with Gasteiger partial charge in [-0.25, -0.2) is 13.6 Å². The lowest BCUT2D eigenvalue weighted by Crippen LogP contribution is -2.35. The molecule has 2 rings (SSSR count). The Morgan fingerprint density at radius 3 is 2.55 bits per heavy atom. The molecule has 20 heavy (non-hydrogen) atoms. The van der Waals surface area contributed by atoms with Crippen LogP contribution in [0.15, 0.2) is 23.1 Å². The molecule has 1 aliphatic rings. The molecule has 112 valence electrons. The standard InChI is InChI=1S/C14H23N3O2S/c1-10-4-3-5-12(6-10)17(2)13-7-11(15)8-14(9-13)20(16,18)19/h7-10,12H,3-6,15H2,1-2H3,(H2,16,18,19). The Morgan fingerprint density at radius 2 is 1.95 bits per heavy atom. The van der Waals surface area contributed by atoms with Gasteiger partial charge in [-0.3, -0.25) is 0 Å². The van der Waals surface area contributed by atoms with E-state index >= 15 is 0 Å². The van der Waals surface area contributed by atoms with Crippen molar-refractivity contribution in [3.05, 3.63) is 18.2 Å². The second-order valence-electron chi connectivity index (χ2n) is 5.84. The van der Waals surface area contributed by atoms with Gasteiger partial charge in [0.2, 0.25) is 10.0 Å². The van der Waals surface area contributed by atoms with Gasteiger partial charge in [-0.2, -0.15) is 0 Å². The highest BCUT2D eigenvalue weighted by atomic mass is 32.2. The lowest BCUT2D eigenvalue weighted by atomic mass is 9.86. The average Bonchev–Trinajstić information content (AvgIpc) is 2.36. The molecule has 0 amide bonds. The van der Waals surface area contributed by atoms with E-state index in [1.54, 1.807) is 12.1 Å². The number of primary sulfonamides is 1. The fourth-order valence-electron chi connectivity index (χ4n) is 2.94. The Kier molecular flexibility index (Phi) is 4.25. The minimum Gasteiger partial charge on any atom is -0.399 e. The first-order valence-corrected chi connectivity index (χ1v) is 8.48. The Labute approximate surface area is 121 Å². The smallest absolute Gasteiger partial charge is 0.238 e. The van der Waals surface area contributed by atoms with Crippen molar-refractivity contribution >= 4 is 21.4 Å². The van der Waals surface area contributed by atoms with E-state index in [0.29, 0.717) is 17.6 Å². The molecule has 0 spiro atoms. The molecule has 2 unspecified atom stereocenters. The summed E-state index contributed by atoms with van der Waals surface area (Å²) in [5.41, 5.74) is 7.04. The molecular formula is C14H23N3O2S. The van der Waals surface area contributed by atoms with Crippen LogP contribution in [0.4, 0.5) is 11.4 Å². The number of nitrogen functional groups attached to an aromatic ring is 1. The first kappa shape index (κ1) is 15.1. The number of rotatable bonds is 3. The molecular weight excluding hydrogens is 274 g/mol. The van der Waals surface area contributed by atoms with Gasteiger partial charge in [0.05, 0.1) is 4.90 Å². The lowest BCUT2D eigenvalue weighted by Gasteiger charge is -2.35. The van der Waals surface area contributed by atoms with Gasteiger partial charge in [0.25, 0.3) is 0 Å². The summed E-state index contributed by atoms with van der Waals surface area (Å²) in [6.07, 6.45) is 4.72. The molecule has 0 aliphatic heterocycles. The fraction of sp³-hybridized carbons (Fsp3) is 0.571. The maximum absolute atomic E-state index is 11.5. The average molecular weight is 297 g/mol. The van der Waals surface area contributed by atoms with Crippen LogP contribution in [0.3, 0.4) is 0 Å². The van der Waals surface area contributed by atoms with Crippen molar-refractivity contribution in [3.63, 3.8) is 0 Å². The summed E-state index contributed by atoms with van der Waals surface area (Å²) in [4.78, 5) is 2.20. The summed E-state index contributed by atoms with van der Waals surface area (Å²) in [5, 5.41) is 5.19. The van der Waals surface area contributed by atoms with Crippen LogP contribution < -0.4 is 15.8 Å². The number of sulfonamides is 1. The van der Waals surface area contributed by atoms with E-state index in [9.17, 15) is 8.42 Å². The van der Waals surface area contributed by atoms with Gasteiger partial charge in [0.1, 0.15) is 0 Å². The van der Waals surface area contributed by atoms with Gasteiger partial charge in [-0.05, 0) is 37.0 Å². The molecule has 0 radical (unpaired) electrons. The maximum atomic E-state index is 11.5. The first-order valence-electron chi connectivity index (χ1n) is 6.93. The zero-order valence-corrected chi connectivity index (χ0v) is 12.9. The Hall–Kier alpha value is -1.27. The van der Waals surface area contributed by atoms with Crippen molar-refractivity contribution in [2.75, 3.05) is 17.7 Å². The third-order valence-corrected chi connectivity index (χ3v) is 5.00. The van der Waals surface area contributed by atoms with Gasteiger partial charge in [-0.15, -0.1) is 0 Å². The summed E-state index contributed by atoms with van der Waals surface area (Å²) in [7, 11) is -1.74. The van der Waals surface area contributed by atoms with Crippen molar-refractivity contribution in [3.8, 4) is 0 Å². The SMILES string of the molecule is CC1CCCC(N(C)c2cc(N)cc(S(N)(=O)=O)c2)C1.